The van der Waals surface area contributed by atoms with Gasteiger partial charge in [0.25, 0.3) is 11.8 Å². The van der Waals surface area contributed by atoms with Gasteiger partial charge in [0, 0.05) is 5.56 Å². The molecular weight excluding hydrogens is 350 g/mol. The van der Waals surface area contributed by atoms with Gasteiger partial charge < -0.3 is 0 Å². The predicted molar refractivity (Wildman–Crippen MR) is 94.7 cm³/mol. The molecule has 2 aromatic carbocycles. The molecule has 0 saturated heterocycles. The van der Waals surface area contributed by atoms with Gasteiger partial charge >= 0.3 is 0 Å². The highest BCUT2D eigenvalue weighted by Crippen LogP contribution is 2.26. The Morgan fingerprint density at radius 2 is 1.50 bits per heavy atom. The van der Waals surface area contributed by atoms with Crippen molar-refractivity contribution in [2.24, 2.45) is 0 Å². The van der Waals surface area contributed by atoms with Gasteiger partial charge in [-0.15, -0.1) is 10.2 Å². The molecule has 5 rings (SSSR count). The van der Waals surface area contributed by atoms with Crippen LogP contribution in [0.4, 0.5) is 0 Å². The molecule has 2 aromatic heterocycles. The average Bonchev–Trinajstić information content (AvgIpc) is 3.31. The van der Waals surface area contributed by atoms with Crippen molar-refractivity contribution >= 4 is 28.1 Å². The van der Waals surface area contributed by atoms with E-state index in [9.17, 15) is 9.59 Å². The van der Waals surface area contributed by atoms with Crippen molar-refractivity contribution in [3.05, 3.63) is 70.7 Å². The number of rotatable bonds is 3. The molecule has 0 radical (unpaired) electrons. The molecule has 126 valence electrons. The van der Waals surface area contributed by atoms with Crippen molar-refractivity contribution in [3.63, 3.8) is 0 Å². The summed E-state index contributed by atoms with van der Waals surface area (Å²) in [7, 11) is 0. The van der Waals surface area contributed by atoms with Gasteiger partial charge in [-0.25, -0.2) is 0 Å². The van der Waals surface area contributed by atoms with Crippen molar-refractivity contribution in [1.29, 1.82) is 0 Å². The van der Waals surface area contributed by atoms with Crippen molar-refractivity contribution in [2.75, 3.05) is 0 Å². The molecule has 0 spiro atoms. The van der Waals surface area contributed by atoms with Gasteiger partial charge in [0.15, 0.2) is 5.82 Å². The second-order valence-corrected chi connectivity index (χ2v) is 6.86. The first-order valence-corrected chi connectivity index (χ1v) is 8.76. The van der Waals surface area contributed by atoms with Crippen molar-refractivity contribution in [2.45, 2.75) is 6.54 Å². The first-order valence-electron chi connectivity index (χ1n) is 7.94. The van der Waals surface area contributed by atoms with Gasteiger partial charge in [-0.05, 0) is 12.1 Å². The number of benzene rings is 2. The molecule has 0 saturated carbocycles. The second kappa shape index (κ2) is 5.57. The lowest BCUT2D eigenvalue weighted by atomic mass is 10.1. The number of aromatic nitrogens is 4. The topological polar surface area (TPSA) is 80.5 Å². The van der Waals surface area contributed by atoms with Crippen molar-refractivity contribution < 1.29 is 9.59 Å². The zero-order valence-corrected chi connectivity index (χ0v) is 14.2. The number of nitrogens with zero attached hydrogens (tertiary/aromatic N) is 5. The second-order valence-electron chi connectivity index (χ2n) is 5.82. The summed E-state index contributed by atoms with van der Waals surface area (Å²) >= 11 is 1.31. The summed E-state index contributed by atoms with van der Waals surface area (Å²) in [5, 5.41) is 13.5. The minimum atomic E-state index is -0.292. The van der Waals surface area contributed by atoms with Crippen LogP contribution in [0.25, 0.3) is 16.3 Å². The van der Waals surface area contributed by atoms with E-state index in [1.165, 1.54) is 16.2 Å². The molecule has 0 atom stereocenters. The largest absolute Gasteiger partial charge is 0.269 e. The Bertz CT molecular complexity index is 1130. The quantitative estimate of drug-likeness (QED) is 0.524. The molecule has 3 heterocycles. The van der Waals surface area contributed by atoms with Gasteiger partial charge in [-0.2, -0.15) is 9.61 Å². The molecule has 0 unspecified atom stereocenters. The van der Waals surface area contributed by atoms with Crippen LogP contribution in [0.5, 0.6) is 0 Å². The summed E-state index contributed by atoms with van der Waals surface area (Å²) < 4.78 is 1.65. The van der Waals surface area contributed by atoms with Gasteiger partial charge in [0.1, 0.15) is 5.01 Å². The third kappa shape index (κ3) is 2.16. The first kappa shape index (κ1) is 14.9. The van der Waals surface area contributed by atoms with Gasteiger partial charge in [-0.3, -0.25) is 14.5 Å². The van der Waals surface area contributed by atoms with E-state index in [0.717, 1.165) is 5.56 Å². The summed E-state index contributed by atoms with van der Waals surface area (Å²) in [5.41, 5.74) is 1.77. The number of carbonyl (C=O) groups excluding carboxylic acids is 2. The van der Waals surface area contributed by atoms with Crippen LogP contribution in [0, 0.1) is 0 Å². The fourth-order valence-electron chi connectivity index (χ4n) is 3.01. The average molecular weight is 361 g/mol. The highest BCUT2D eigenvalue weighted by molar-refractivity contribution is 7.16. The van der Waals surface area contributed by atoms with Crippen LogP contribution in [0.3, 0.4) is 0 Å². The third-order valence-corrected chi connectivity index (χ3v) is 5.12. The third-order valence-electron chi connectivity index (χ3n) is 4.24. The van der Waals surface area contributed by atoms with Crippen LogP contribution in [0.2, 0.25) is 0 Å². The number of fused-ring (bicyclic) bond motifs is 2. The lowest BCUT2D eigenvalue weighted by Crippen LogP contribution is -2.29. The number of hydrogen-bond donors (Lipinski definition) is 0. The van der Waals surface area contributed by atoms with Gasteiger partial charge in [-0.1, -0.05) is 53.8 Å². The Morgan fingerprint density at radius 1 is 0.846 bits per heavy atom. The van der Waals surface area contributed by atoms with E-state index < -0.39 is 0 Å². The molecule has 2 amide bonds. The van der Waals surface area contributed by atoms with Gasteiger partial charge in [0.2, 0.25) is 4.96 Å². The maximum atomic E-state index is 12.5. The molecule has 0 aliphatic carbocycles. The summed E-state index contributed by atoms with van der Waals surface area (Å²) in [6.07, 6.45) is 0. The predicted octanol–water partition coefficient (Wildman–Crippen LogP) is 2.65. The van der Waals surface area contributed by atoms with E-state index in [4.69, 9.17) is 0 Å². The number of imide groups is 1. The van der Waals surface area contributed by atoms with Crippen LogP contribution in [0.15, 0.2) is 54.6 Å². The Kier molecular flexibility index (Phi) is 3.19. The highest BCUT2D eigenvalue weighted by Gasteiger charge is 2.35. The molecule has 7 nitrogen and oxygen atoms in total. The molecule has 0 N–H and O–H groups in total. The van der Waals surface area contributed by atoms with Crippen LogP contribution in [-0.4, -0.2) is 36.5 Å². The summed E-state index contributed by atoms with van der Waals surface area (Å²) in [4.78, 5) is 26.8. The SMILES string of the molecule is O=C1c2ccccc2C(=O)N1Cc1nn2c(-c3ccccc3)nnc2s1. The lowest BCUT2D eigenvalue weighted by Gasteiger charge is -2.10. The maximum Gasteiger partial charge on any atom is 0.261 e. The summed E-state index contributed by atoms with van der Waals surface area (Å²) in [5.74, 6) is 0.0464. The minimum absolute atomic E-state index is 0.120. The Hall–Kier alpha value is -3.39. The number of amides is 2. The Balaban J connectivity index is 1.49. The molecule has 26 heavy (non-hydrogen) atoms. The smallest absolute Gasteiger partial charge is 0.261 e. The van der Waals surface area contributed by atoms with E-state index in [1.54, 1.807) is 28.8 Å². The molecule has 1 aliphatic heterocycles. The Morgan fingerprint density at radius 3 is 2.19 bits per heavy atom. The van der Waals surface area contributed by atoms with E-state index >= 15 is 0 Å². The molecule has 0 bridgehead atoms. The van der Waals surface area contributed by atoms with E-state index in [0.29, 0.717) is 26.9 Å². The number of carbonyl (C=O) groups is 2. The van der Waals surface area contributed by atoms with Crippen LogP contribution in [-0.2, 0) is 6.54 Å². The standard InChI is InChI=1S/C18H11N5O2S/c24-16-12-8-4-5-9-13(12)17(25)22(16)10-14-21-23-15(19-20-18(23)26-14)11-6-2-1-3-7-11/h1-9H,10H2. The zero-order valence-electron chi connectivity index (χ0n) is 13.4. The zero-order chi connectivity index (χ0) is 17.7. The van der Waals surface area contributed by atoms with Crippen LogP contribution in [0.1, 0.15) is 25.7 Å². The molecule has 4 aromatic rings. The van der Waals surface area contributed by atoms with Gasteiger partial charge in [0.05, 0.1) is 17.7 Å². The van der Waals surface area contributed by atoms with Crippen molar-refractivity contribution in [3.8, 4) is 11.4 Å². The fourth-order valence-corrected chi connectivity index (χ4v) is 3.83. The highest BCUT2D eigenvalue weighted by atomic mass is 32.1. The van der Waals surface area contributed by atoms with Crippen LogP contribution < -0.4 is 0 Å². The normalized spacial score (nSPS) is 13.6. The summed E-state index contributed by atoms with van der Waals surface area (Å²) in [6, 6.07) is 16.5. The van der Waals surface area contributed by atoms with E-state index in [2.05, 4.69) is 15.3 Å². The fraction of sp³-hybridized carbons (Fsp3) is 0.0556. The first-order chi connectivity index (χ1) is 12.7. The molecule has 1 aliphatic rings. The molecular formula is C18H11N5O2S. The minimum Gasteiger partial charge on any atom is -0.269 e. The summed E-state index contributed by atoms with van der Waals surface area (Å²) in [6.45, 7) is 0.120. The maximum absolute atomic E-state index is 12.5. The van der Waals surface area contributed by atoms with E-state index in [-0.39, 0.29) is 18.4 Å². The Labute approximate surface area is 151 Å². The monoisotopic (exact) mass is 361 g/mol. The van der Waals surface area contributed by atoms with Crippen molar-refractivity contribution in [1.82, 2.24) is 24.7 Å². The number of hydrogen-bond acceptors (Lipinski definition) is 6. The van der Waals surface area contributed by atoms with Crippen LogP contribution >= 0.6 is 11.3 Å². The molecule has 0 fully saturated rings. The molecule has 8 heteroatoms. The van der Waals surface area contributed by atoms with E-state index in [1.807, 2.05) is 30.3 Å². The lowest BCUT2D eigenvalue weighted by molar-refractivity contribution is 0.0642.